The van der Waals surface area contributed by atoms with Gasteiger partial charge < -0.3 is 10.4 Å². The molecule has 0 radical (unpaired) electrons. The van der Waals surface area contributed by atoms with Gasteiger partial charge in [0.25, 0.3) is 5.91 Å². The van der Waals surface area contributed by atoms with Crippen LogP contribution in [0.25, 0.3) is 10.8 Å². The standard InChI is InChI=1S/C17H16BrNO3/c18-14-5-1-3-10-9-11(7-8-12(10)14)16(20)19-15-6-2-4-13(15)17(21)22/h1,3,5,7-9,13,15H,2,4,6H2,(H,19,20)(H,21,22)/t13-,15+/m1/s1. The maximum atomic E-state index is 12.4. The summed E-state index contributed by atoms with van der Waals surface area (Å²) in [5.74, 6) is -1.51. The van der Waals surface area contributed by atoms with Crippen molar-refractivity contribution in [1.82, 2.24) is 5.32 Å². The van der Waals surface area contributed by atoms with Gasteiger partial charge in [-0.1, -0.05) is 40.5 Å². The lowest BCUT2D eigenvalue weighted by Crippen LogP contribution is -2.40. The summed E-state index contributed by atoms with van der Waals surface area (Å²) in [7, 11) is 0. The number of carbonyl (C=O) groups is 2. The van der Waals surface area contributed by atoms with Gasteiger partial charge >= 0.3 is 5.97 Å². The number of nitrogens with one attached hydrogen (secondary N) is 1. The monoisotopic (exact) mass is 361 g/mol. The molecule has 0 aromatic heterocycles. The van der Waals surface area contributed by atoms with E-state index in [-0.39, 0.29) is 11.9 Å². The Morgan fingerprint density at radius 2 is 2.00 bits per heavy atom. The summed E-state index contributed by atoms with van der Waals surface area (Å²) in [4.78, 5) is 23.6. The zero-order valence-electron chi connectivity index (χ0n) is 11.9. The quantitative estimate of drug-likeness (QED) is 0.877. The van der Waals surface area contributed by atoms with Crippen LogP contribution in [0.1, 0.15) is 29.6 Å². The molecule has 22 heavy (non-hydrogen) atoms. The van der Waals surface area contributed by atoms with Crippen LogP contribution in [0.5, 0.6) is 0 Å². The summed E-state index contributed by atoms with van der Waals surface area (Å²) in [6, 6.07) is 11.1. The van der Waals surface area contributed by atoms with E-state index in [1.807, 2.05) is 30.3 Å². The molecule has 0 unspecified atom stereocenters. The number of benzene rings is 2. The molecule has 2 atom stereocenters. The lowest BCUT2D eigenvalue weighted by atomic mass is 10.0. The lowest BCUT2D eigenvalue weighted by Gasteiger charge is -2.17. The van der Waals surface area contributed by atoms with Crippen LogP contribution in [0.2, 0.25) is 0 Å². The SMILES string of the molecule is O=C(N[C@H]1CCC[C@H]1C(=O)O)c1ccc2c(Br)cccc2c1. The Morgan fingerprint density at radius 1 is 1.18 bits per heavy atom. The van der Waals surface area contributed by atoms with Crippen molar-refractivity contribution in [1.29, 1.82) is 0 Å². The molecule has 4 nitrogen and oxygen atoms in total. The molecule has 114 valence electrons. The molecule has 0 saturated heterocycles. The molecule has 5 heteroatoms. The molecular weight excluding hydrogens is 346 g/mol. The van der Waals surface area contributed by atoms with E-state index in [9.17, 15) is 14.7 Å². The number of carboxylic acid groups (broad SMARTS) is 1. The van der Waals surface area contributed by atoms with Crippen LogP contribution in [-0.4, -0.2) is 23.0 Å². The van der Waals surface area contributed by atoms with Gasteiger partial charge in [0, 0.05) is 16.1 Å². The van der Waals surface area contributed by atoms with Crippen LogP contribution in [0.3, 0.4) is 0 Å². The summed E-state index contributed by atoms with van der Waals surface area (Å²) in [5.41, 5.74) is 0.557. The highest BCUT2D eigenvalue weighted by Gasteiger charge is 2.33. The number of carboxylic acids is 1. The zero-order valence-corrected chi connectivity index (χ0v) is 13.5. The summed E-state index contributed by atoms with van der Waals surface area (Å²) < 4.78 is 0.985. The van der Waals surface area contributed by atoms with Gasteiger partial charge in [0.05, 0.1) is 5.92 Å². The third-order valence-electron chi connectivity index (χ3n) is 4.24. The maximum Gasteiger partial charge on any atom is 0.308 e. The van der Waals surface area contributed by atoms with Gasteiger partial charge in [-0.3, -0.25) is 9.59 Å². The van der Waals surface area contributed by atoms with Crippen molar-refractivity contribution in [3.63, 3.8) is 0 Å². The molecular formula is C17H16BrNO3. The third kappa shape index (κ3) is 2.86. The molecule has 1 amide bonds. The van der Waals surface area contributed by atoms with Crippen LogP contribution in [0.4, 0.5) is 0 Å². The van der Waals surface area contributed by atoms with Crippen LogP contribution in [-0.2, 0) is 4.79 Å². The van der Waals surface area contributed by atoms with Gasteiger partial charge in [0.15, 0.2) is 0 Å². The molecule has 0 aliphatic heterocycles. The number of hydrogen-bond donors (Lipinski definition) is 2. The number of fused-ring (bicyclic) bond motifs is 1. The number of rotatable bonds is 3. The Hall–Kier alpha value is -1.88. The van der Waals surface area contributed by atoms with Gasteiger partial charge in [-0.05, 0) is 41.8 Å². The normalized spacial score (nSPS) is 21.0. The minimum Gasteiger partial charge on any atom is -0.481 e. The molecule has 1 aliphatic carbocycles. The van der Waals surface area contributed by atoms with Gasteiger partial charge in [-0.15, -0.1) is 0 Å². The van der Waals surface area contributed by atoms with E-state index in [4.69, 9.17) is 0 Å². The lowest BCUT2D eigenvalue weighted by molar-refractivity contribution is -0.142. The van der Waals surface area contributed by atoms with Gasteiger partial charge in [-0.25, -0.2) is 0 Å². The fraction of sp³-hybridized carbons (Fsp3) is 0.294. The fourth-order valence-corrected chi connectivity index (χ4v) is 3.58. The predicted octanol–water partition coefficient (Wildman–Crippen LogP) is 3.59. The van der Waals surface area contributed by atoms with Gasteiger partial charge in [0.2, 0.25) is 0 Å². The molecule has 2 aromatic carbocycles. The van der Waals surface area contributed by atoms with Crippen LogP contribution in [0, 0.1) is 5.92 Å². The Kier molecular flexibility index (Phi) is 4.16. The highest BCUT2D eigenvalue weighted by atomic mass is 79.9. The Labute approximate surface area is 136 Å². The number of hydrogen-bond acceptors (Lipinski definition) is 2. The van der Waals surface area contributed by atoms with Crippen molar-refractivity contribution in [3.8, 4) is 0 Å². The minimum absolute atomic E-state index is 0.208. The van der Waals surface area contributed by atoms with E-state index >= 15 is 0 Å². The van der Waals surface area contributed by atoms with Crippen molar-refractivity contribution in [2.45, 2.75) is 25.3 Å². The largest absolute Gasteiger partial charge is 0.481 e. The van der Waals surface area contributed by atoms with Gasteiger partial charge in [-0.2, -0.15) is 0 Å². The van der Waals surface area contributed by atoms with Crippen molar-refractivity contribution < 1.29 is 14.7 Å². The molecule has 2 N–H and O–H groups in total. The number of aliphatic carboxylic acids is 1. The van der Waals surface area contributed by atoms with Crippen molar-refractivity contribution in [2.24, 2.45) is 5.92 Å². The number of amides is 1. The summed E-state index contributed by atoms with van der Waals surface area (Å²) in [6.07, 6.45) is 2.19. The smallest absolute Gasteiger partial charge is 0.308 e. The highest BCUT2D eigenvalue weighted by molar-refractivity contribution is 9.10. The average molecular weight is 362 g/mol. The molecule has 3 rings (SSSR count). The Balaban J connectivity index is 1.82. The molecule has 0 bridgehead atoms. The van der Waals surface area contributed by atoms with E-state index in [1.54, 1.807) is 6.07 Å². The highest BCUT2D eigenvalue weighted by Crippen LogP contribution is 2.27. The maximum absolute atomic E-state index is 12.4. The summed E-state index contributed by atoms with van der Waals surface area (Å²) in [6.45, 7) is 0. The minimum atomic E-state index is -0.828. The first kappa shape index (κ1) is 15.0. The second kappa shape index (κ2) is 6.08. The van der Waals surface area contributed by atoms with Gasteiger partial charge in [0.1, 0.15) is 0 Å². The molecule has 1 aliphatic rings. The molecule has 1 saturated carbocycles. The van der Waals surface area contributed by atoms with Crippen LogP contribution < -0.4 is 5.32 Å². The van der Waals surface area contributed by atoms with Crippen LogP contribution >= 0.6 is 15.9 Å². The number of carbonyl (C=O) groups excluding carboxylic acids is 1. The van der Waals surface area contributed by atoms with E-state index in [2.05, 4.69) is 21.2 Å². The third-order valence-corrected chi connectivity index (χ3v) is 4.93. The van der Waals surface area contributed by atoms with Crippen molar-refractivity contribution >= 4 is 38.6 Å². The van der Waals surface area contributed by atoms with E-state index in [0.717, 1.165) is 28.1 Å². The molecule has 0 heterocycles. The van der Waals surface area contributed by atoms with Crippen molar-refractivity contribution in [2.75, 3.05) is 0 Å². The van der Waals surface area contributed by atoms with Crippen molar-refractivity contribution in [3.05, 3.63) is 46.4 Å². The second-order valence-electron chi connectivity index (χ2n) is 5.63. The topological polar surface area (TPSA) is 66.4 Å². The van der Waals surface area contributed by atoms with E-state index in [1.165, 1.54) is 0 Å². The summed E-state index contributed by atoms with van der Waals surface area (Å²) in [5, 5.41) is 14.1. The zero-order chi connectivity index (χ0) is 15.7. The Morgan fingerprint density at radius 3 is 2.77 bits per heavy atom. The first-order valence-corrected chi connectivity index (χ1v) is 8.07. The Bertz CT molecular complexity index is 744. The van der Waals surface area contributed by atoms with E-state index < -0.39 is 11.9 Å². The predicted molar refractivity (Wildman–Crippen MR) is 87.9 cm³/mol. The van der Waals surface area contributed by atoms with E-state index in [0.29, 0.717) is 12.0 Å². The fourth-order valence-electron chi connectivity index (χ4n) is 3.07. The summed E-state index contributed by atoms with van der Waals surface area (Å²) >= 11 is 3.49. The first-order valence-electron chi connectivity index (χ1n) is 7.28. The molecule has 2 aromatic rings. The van der Waals surface area contributed by atoms with Crippen LogP contribution in [0.15, 0.2) is 40.9 Å². The molecule has 0 spiro atoms. The number of halogens is 1. The second-order valence-corrected chi connectivity index (χ2v) is 6.49. The molecule has 1 fully saturated rings. The average Bonchev–Trinajstić information content (AvgIpc) is 2.95. The first-order chi connectivity index (χ1) is 10.6.